The van der Waals surface area contributed by atoms with Gasteiger partial charge in [0.25, 0.3) is 0 Å². The maximum Gasteiger partial charge on any atom is 0.408 e. The molecule has 0 saturated heterocycles. The van der Waals surface area contributed by atoms with Gasteiger partial charge < -0.3 is 19.7 Å². The summed E-state index contributed by atoms with van der Waals surface area (Å²) in [5.41, 5.74) is 2.22. The Morgan fingerprint density at radius 3 is 2.64 bits per heavy atom. The van der Waals surface area contributed by atoms with Gasteiger partial charge in [-0.3, -0.25) is 9.67 Å². The van der Waals surface area contributed by atoms with E-state index in [1.54, 1.807) is 31.5 Å². The van der Waals surface area contributed by atoms with Crippen molar-refractivity contribution in [3.63, 3.8) is 0 Å². The second kappa shape index (κ2) is 8.62. The molecule has 0 unspecified atom stereocenters. The van der Waals surface area contributed by atoms with Crippen LogP contribution >= 0.6 is 0 Å². The molecule has 0 aromatic carbocycles. The van der Waals surface area contributed by atoms with Gasteiger partial charge in [-0.25, -0.2) is 9.55 Å². The van der Waals surface area contributed by atoms with Crippen LogP contribution < -0.4 is 9.47 Å². The minimum absolute atomic E-state index is 0.0592. The van der Waals surface area contributed by atoms with Crippen molar-refractivity contribution in [3.05, 3.63) is 42.5 Å². The zero-order valence-electron chi connectivity index (χ0n) is 17.7. The molecule has 0 aliphatic carbocycles. The van der Waals surface area contributed by atoms with Crippen LogP contribution in [-0.4, -0.2) is 61.0 Å². The zero-order valence-corrected chi connectivity index (χ0v) is 17.7. The number of alkyl halides is 3. The fourth-order valence-electron chi connectivity index (χ4n) is 3.50. The fraction of sp³-hybridized carbons (Fsp3) is 0.286. The van der Waals surface area contributed by atoms with Crippen LogP contribution in [0.2, 0.25) is 0 Å². The number of fused-ring (bicyclic) bond motifs is 1. The predicted octanol–water partition coefficient (Wildman–Crippen LogP) is 3.24. The Balaban J connectivity index is 1.90. The van der Waals surface area contributed by atoms with Gasteiger partial charge in [-0.1, -0.05) is 0 Å². The molecule has 4 rings (SSSR count). The number of hydrogen-bond donors (Lipinski definition) is 2. The van der Waals surface area contributed by atoms with Crippen LogP contribution in [-0.2, 0) is 6.54 Å². The maximum atomic E-state index is 12.8. The second-order valence-corrected chi connectivity index (χ2v) is 7.21. The van der Waals surface area contributed by atoms with Crippen molar-refractivity contribution < 1.29 is 32.9 Å². The van der Waals surface area contributed by atoms with Gasteiger partial charge in [-0.15, -0.1) is 0 Å². The first kappa shape index (κ1) is 22.4. The van der Waals surface area contributed by atoms with Crippen molar-refractivity contribution in [3.8, 4) is 34.5 Å². The standard InChI is InChI=1S/C21H20F3N5O4/c1-12-5-16(13-6-15(32-2)9-25-7-13)27-18-17(12)19(31)29(20(18)33-4-3-30)14-8-26-28(10-14)11-21(22,23)24/h5-10,30-31H,3-4,11H2,1-2H3. The predicted molar refractivity (Wildman–Crippen MR) is 112 cm³/mol. The molecule has 0 radical (unpaired) electrons. The van der Waals surface area contributed by atoms with E-state index < -0.39 is 12.7 Å². The molecule has 0 aliphatic rings. The number of aliphatic hydroxyl groups is 1. The lowest BCUT2D eigenvalue weighted by molar-refractivity contribution is -0.142. The van der Waals surface area contributed by atoms with E-state index in [1.165, 1.54) is 17.9 Å². The number of ether oxygens (including phenoxy) is 2. The van der Waals surface area contributed by atoms with Crippen LogP contribution in [0.3, 0.4) is 0 Å². The van der Waals surface area contributed by atoms with Gasteiger partial charge in [-0.05, 0) is 24.6 Å². The molecule has 2 N–H and O–H groups in total. The molecular formula is C21H20F3N5O4. The summed E-state index contributed by atoms with van der Waals surface area (Å²) in [5, 5.41) is 24.3. The highest BCUT2D eigenvalue weighted by molar-refractivity contribution is 5.95. The zero-order chi connectivity index (χ0) is 23.8. The maximum absolute atomic E-state index is 12.8. The highest BCUT2D eigenvalue weighted by atomic mass is 19.4. The van der Waals surface area contributed by atoms with Crippen LogP contribution in [0.15, 0.2) is 36.9 Å². The topological polar surface area (TPSA) is 107 Å². The average molecular weight is 463 g/mol. The molecule has 4 heterocycles. The summed E-state index contributed by atoms with van der Waals surface area (Å²) < 4.78 is 51.1. The van der Waals surface area contributed by atoms with E-state index in [-0.39, 0.29) is 36.2 Å². The third-order valence-corrected chi connectivity index (χ3v) is 4.85. The van der Waals surface area contributed by atoms with E-state index >= 15 is 0 Å². The van der Waals surface area contributed by atoms with Crippen LogP contribution in [0.4, 0.5) is 13.2 Å². The summed E-state index contributed by atoms with van der Waals surface area (Å²) >= 11 is 0. The van der Waals surface area contributed by atoms with Crippen molar-refractivity contribution >= 4 is 10.9 Å². The molecule has 0 amide bonds. The van der Waals surface area contributed by atoms with Gasteiger partial charge in [0.2, 0.25) is 11.8 Å². The number of aromatic nitrogens is 5. The highest BCUT2D eigenvalue weighted by Gasteiger charge is 2.29. The van der Waals surface area contributed by atoms with E-state index in [1.807, 2.05) is 0 Å². The summed E-state index contributed by atoms with van der Waals surface area (Å²) in [7, 11) is 1.51. The highest BCUT2D eigenvalue weighted by Crippen LogP contribution is 2.41. The molecule has 0 bridgehead atoms. The van der Waals surface area contributed by atoms with Gasteiger partial charge in [0.15, 0.2) is 0 Å². The Kier molecular flexibility index (Phi) is 5.85. The van der Waals surface area contributed by atoms with E-state index in [4.69, 9.17) is 9.47 Å². The molecule has 33 heavy (non-hydrogen) atoms. The van der Waals surface area contributed by atoms with Gasteiger partial charge >= 0.3 is 6.18 Å². The van der Waals surface area contributed by atoms with Gasteiger partial charge in [0.1, 0.15) is 24.4 Å². The van der Waals surface area contributed by atoms with Gasteiger partial charge in [0, 0.05) is 18.0 Å². The molecule has 9 nitrogen and oxygen atoms in total. The van der Waals surface area contributed by atoms with Gasteiger partial charge in [0.05, 0.1) is 42.9 Å². The van der Waals surface area contributed by atoms with E-state index in [0.717, 1.165) is 6.20 Å². The monoisotopic (exact) mass is 463 g/mol. The largest absolute Gasteiger partial charge is 0.495 e. The summed E-state index contributed by atoms with van der Waals surface area (Å²) in [6.45, 7) is 0.0277. The van der Waals surface area contributed by atoms with E-state index in [2.05, 4.69) is 15.1 Å². The number of methoxy groups -OCH3 is 1. The number of rotatable bonds is 7. The van der Waals surface area contributed by atoms with Crippen LogP contribution in [0.1, 0.15) is 5.56 Å². The van der Waals surface area contributed by atoms with Crippen LogP contribution in [0.5, 0.6) is 17.5 Å². The first-order valence-electron chi connectivity index (χ1n) is 9.79. The molecule has 12 heteroatoms. The minimum Gasteiger partial charge on any atom is -0.495 e. The Hall–Kier alpha value is -3.80. The Morgan fingerprint density at radius 2 is 1.94 bits per heavy atom. The molecule has 4 aromatic heterocycles. The molecule has 0 saturated carbocycles. The molecule has 4 aromatic rings. The molecular weight excluding hydrogens is 443 g/mol. The summed E-state index contributed by atoms with van der Waals surface area (Å²) in [5.74, 6) is 0.315. The third-order valence-electron chi connectivity index (χ3n) is 4.85. The number of halogens is 3. The van der Waals surface area contributed by atoms with Crippen LogP contribution in [0.25, 0.3) is 27.8 Å². The lowest BCUT2D eigenvalue weighted by Gasteiger charge is -2.09. The molecule has 0 atom stereocenters. The first-order valence-corrected chi connectivity index (χ1v) is 9.79. The lowest BCUT2D eigenvalue weighted by atomic mass is 10.1. The average Bonchev–Trinajstić information content (AvgIpc) is 3.32. The smallest absolute Gasteiger partial charge is 0.408 e. The Bertz CT molecular complexity index is 1300. The van der Waals surface area contributed by atoms with Crippen molar-refractivity contribution in [2.24, 2.45) is 0 Å². The quantitative estimate of drug-likeness (QED) is 0.433. The number of aromatic hydroxyl groups is 1. The minimum atomic E-state index is -4.46. The Morgan fingerprint density at radius 1 is 1.15 bits per heavy atom. The van der Waals surface area contributed by atoms with E-state index in [9.17, 15) is 23.4 Å². The normalized spacial score (nSPS) is 11.8. The molecule has 0 aliphatic heterocycles. The van der Waals surface area contributed by atoms with E-state index in [0.29, 0.717) is 32.6 Å². The van der Waals surface area contributed by atoms with Gasteiger partial charge in [-0.2, -0.15) is 18.3 Å². The number of pyridine rings is 2. The van der Waals surface area contributed by atoms with Crippen molar-refractivity contribution in [1.82, 2.24) is 24.3 Å². The summed E-state index contributed by atoms with van der Waals surface area (Å²) in [6, 6.07) is 3.48. The van der Waals surface area contributed by atoms with Crippen molar-refractivity contribution in [2.75, 3.05) is 20.3 Å². The number of aryl methyl sites for hydroxylation is 1. The number of nitrogens with zero attached hydrogens (tertiary/aromatic N) is 5. The lowest BCUT2D eigenvalue weighted by Crippen LogP contribution is -2.17. The SMILES string of the molecule is COc1cncc(-c2cc(C)c3c(O)n(-c4cnn(CC(F)(F)F)c4)c(OCCO)c3n2)c1. The summed E-state index contributed by atoms with van der Waals surface area (Å²) in [6.07, 6.45) is 1.01. The van der Waals surface area contributed by atoms with Crippen molar-refractivity contribution in [2.45, 2.75) is 19.6 Å². The molecule has 0 fully saturated rings. The Labute approximate surface area is 185 Å². The third kappa shape index (κ3) is 4.42. The number of hydrogen-bond acceptors (Lipinski definition) is 7. The molecule has 0 spiro atoms. The second-order valence-electron chi connectivity index (χ2n) is 7.21. The van der Waals surface area contributed by atoms with Crippen molar-refractivity contribution in [1.29, 1.82) is 0 Å². The summed E-state index contributed by atoms with van der Waals surface area (Å²) in [4.78, 5) is 8.75. The molecule has 174 valence electrons. The number of aliphatic hydroxyl groups excluding tert-OH is 1. The first-order chi connectivity index (χ1) is 15.7. The van der Waals surface area contributed by atoms with Crippen LogP contribution in [0, 0.1) is 6.92 Å². The fourth-order valence-corrected chi connectivity index (χ4v) is 3.50.